The molecule has 1 heterocycles. The van der Waals surface area contributed by atoms with Crippen LogP contribution in [-0.2, 0) is 19.1 Å². The molecule has 0 aromatic heterocycles. The van der Waals surface area contributed by atoms with E-state index >= 15 is 0 Å². The molecule has 0 bridgehead atoms. The van der Waals surface area contributed by atoms with Gasteiger partial charge in [-0.25, -0.2) is 4.79 Å². The van der Waals surface area contributed by atoms with Gasteiger partial charge < -0.3 is 19.8 Å². The zero-order chi connectivity index (χ0) is 16.3. The Hall–Kier alpha value is -2.67. The summed E-state index contributed by atoms with van der Waals surface area (Å²) >= 11 is 0. The van der Waals surface area contributed by atoms with Gasteiger partial charge in [-0.1, -0.05) is 18.2 Å². The number of Topliss-reactive ketones (excluding diaryl/α,β-unsaturated/α-hetero) is 1. The third-order valence-electron chi connectivity index (χ3n) is 3.17. The van der Waals surface area contributed by atoms with Crippen LogP contribution in [0.4, 0.5) is 5.69 Å². The Morgan fingerprint density at radius 1 is 1.23 bits per heavy atom. The van der Waals surface area contributed by atoms with Gasteiger partial charge in [0.15, 0.2) is 0 Å². The van der Waals surface area contributed by atoms with E-state index in [-0.39, 0.29) is 17.9 Å². The van der Waals surface area contributed by atoms with Crippen molar-refractivity contribution in [2.75, 3.05) is 18.1 Å². The quantitative estimate of drug-likeness (QED) is 0.569. The lowest BCUT2D eigenvalue weighted by molar-refractivity contribution is -0.136. The maximum Gasteiger partial charge on any atom is 0.333 e. The zero-order valence-corrected chi connectivity index (χ0v) is 11.9. The second-order valence-electron chi connectivity index (χ2n) is 4.78. The number of rotatable bonds is 7. The number of carbonyl (C=O) groups is 3. The first kappa shape index (κ1) is 15.7. The Labute approximate surface area is 126 Å². The summed E-state index contributed by atoms with van der Waals surface area (Å²) in [4.78, 5) is 36.0. The molecule has 2 rings (SSSR count). The molecule has 1 atom stereocenters. The van der Waals surface area contributed by atoms with E-state index in [0.717, 1.165) is 0 Å². The first-order valence-corrected chi connectivity index (χ1v) is 6.56. The smallest absolute Gasteiger partial charge is 0.333 e. The minimum absolute atomic E-state index is 0.163. The molecule has 0 amide bonds. The summed E-state index contributed by atoms with van der Waals surface area (Å²) < 4.78 is 4.92. The second kappa shape index (κ2) is 6.40. The van der Waals surface area contributed by atoms with Crippen molar-refractivity contribution in [2.24, 2.45) is 0 Å². The van der Waals surface area contributed by atoms with Crippen LogP contribution in [0.3, 0.4) is 0 Å². The molecular formula is C15H15NO6. The molecule has 0 radical (unpaired) electrons. The van der Waals surface area contributed by atoms with E-state index in [9.17, 15) is 19.5 Å². The lowest BCUT2D eigenvalue weighted by Gasteiger charge is -2.25. The van der Waals surface area contributed by atoms with Crippen molar-refractivity contribution < 1.29 is 29.3 Å². The molecule has 0 saturated carbocycles. The summed E-state index contributed by atoms with van der Waals surface area (Å²) in [6, 6.07) is 8.31. The fraction of sp³-hybridized carbons (Fsp3) is 0.267. The number of ether oxygens (including phenoxy) is 1. The summed E-state index contributed by atoms with van der Waals surface area (Å²) in [7, 11) is 0. The number of hydrogen-bond acceptors (Lipinski definition) is 5. The summed E-state index contributed by atoms with van der Waals surface area (Å²) in [5.41, 5.74) is 0.0451. The predicted molar refractivity (Wildman–Crippen MR) is 76.5 cm³/mol. The maximum absolute atomic E-state index is 12.4. The fourth-order valence-corrected chi connectivity index (χ4v) is 2.02. The number of carboxylic acid groups (broad SMARTS) is 2. The van der Waals surface area contributed by atoms with Crippen molar-refractivity contribution in [3.63, 3.8) is 0 Å². The highest BCUT2D eigenvalue weighted by Crippen LogP contribution is 2.26. The molecule has 1 aromatic carbocycles. The largest absolute Gasteiger partial charge is 0.480 e. The van der Waals surface area contributed by atoms with Gasteiger partial charge in [0.25, 0.3) is 0 Å². The third-order valence-corrected chi connectivity index (χ3v) is 3.17. The third kappa shape index (κ3) is 3.50. The molecule has 1 saturated heterocycles. The van der Waals surface area contributed by atoms with Crippen LogP contribution in [0.25, 0.3) is 0 Å². The van der Waals surface area contributed by atoms with Crippen LogP contribution < -0.4 is 4.90 Å². The molecule has 1 aliphatic rings. The summed E-state index contributed by atoms with van der Waals surface area (Å²) in [6.07, 6.45) is -0.704. The van der Waals surface area contributed by atoms with E-state index in [0.29, 0.717) is 5.69 Å². The van der Waals surface area contributed by atoms with E-state index in [1.54, 1.807) is 30.3 Å². The number of carboxylic acids is 2. The summed E-state index contributed by atoms with van der Waals surface area (Å²) in [6.45, 7) is 0.961. The SMILES string of the molecule is CC(C(=O)O)=C(C(=O)C1CO1)N(CC(=O)O)c1ccccc1. The van der Waals surface area contributed by atoms with Crippen LogP contribution in [0.15, 0.2) is 41.6 Å². The van der Waals surface area contributed by atoms with E-state index in [2.05, 4.69) is 0 Å². The standard InChI is InChI=1S/C15H15NO6/c1-9(15(20)21)13(14(19)11-8-22-11)16(7-12(17)18)10-5-3-2-4-6-10/h2-6,11H,7-8H2,1H3,(H,17,18)(H,20,21). The van der Waals surface area contributed by atoms with E-state index in [1.165, 1.54) is 11.8 Å². The van der Waals surface area contributed by atoms with Gasteiger partial charge in [-0.15, -0.1) is 0 Å². The van der Waals surface area contributed by atoms with Gasteiger partial charge in [0.2, 0.25) is 5.78 Å². The normalized spacial score (nSPS) is 17.4. The molecular weight excluding hydrogens is 290 g/mol. The Morgan fingerprint density at radius 2 is 1.82 bits per heavy atom. The molecule has 0 spiro atoms. The van der Waals surface area contributed by atoms with Crippen molar-refractivity contribution >= 4 is 23.4 Å². The van der Waals surface area contributed by atoms with Crippen LogP contribution in [0, 0.1) is 0 Å². The van der Waals surface area contributed by atoms with Gasteiger partial charge in [-0.2, -0.15) is 0 Å². The molecule has 1 fully saturated rings. The van der Waals surface area contributed by atoms with Crippen molar-refractivity contribution in [1.82, 2.24) is 0 Å². The number of para-hydroxylation sites is 1. The van der Waals surface area contributed by atoms with Crippen molar-refractivity contribution in [3.05, 3.63) is 41.6 Å². The van der Waals surface area contributed by atoms with Crippen LogP contribution in [-0.4, -0.2) is 47.2 Å². The molecule has 2 N–H and O–H groups in total. The monoisotopic (exact) mass is 305 g/mol. The van der Waals surface area contributed by atoms with Gasteiger partial charge in [0, 0.05) is 5.69 Å². The highest BCUT2D eigenvalue weighted by atomic mass is 16.6. The van der Waals surface area contributed by atoms with Crippen molar-refractivity contribution in [3.8, 4) is 0 Å². The Kier molecular flexibility index (Phi) is 4.57. The Balaban J connectivity index is 2.52. The summed E-state index contributed by atoms with van der Waals surface area (Å²) in [5.74, 6) is -2.98. The Bertz CT molecular complexity index is 633. The molecule has 116 valence electrons. The minimum Gasteiger partial charge on any atom is -0.480 e. The van der Waals surface area contributed by atoms with Crippen LogP contribution in [0.1, 0.15) is 6.92 Å². The molecule has 1 aromatic rings. The topological polar surface area (TPSA) is 107 Å². The first-order valence-electron chi connectivity index (χ1n) is 6.56. The number of anilines is 1. The maximum atomic E-state index is 12.4. The van der Waals surface area contributed by atoms with E-state index in [4.69, 9.17) is 9.84 Å². The van der Waals surface area contributed by atoms with Gasteiger partial charge in [0.05, 0.1) is 17.9 Å². The van der Waals surface area contributed by atoms with Crippen LogP contribution in [0.5, 0.6) is 0 Å². The molecule has 7 nitrogen and oxygen atoms in total. The number of benzene rings is 1. The number of hydrogen-bond donors (Lipinski definition) is 2. The summed E-state index contributed by atoms with van der Waals surface area (Å²) in [5, 5.41) is 18.3. The molecule has 22 heavy (non-hydrogen) atoms. The molecule has 7 heteroatoms. The number of nitrogens with zero attached hydrogens (tertiary/aromatic N) is 1. The fourth-order valence-electron chi connectivity index (χ4n) is 2.02. The predicted octanol–water partition coefficient (Wildman–Crippen LogP) is 0.904. The highest BCUT2D eigenvalue weighted by molar-refractivity contribution is 6.09. The van der Waals surface area contributed by atoms with Gasteiger partial charge >= 0.3 is 11.9 Å². The zero-order valence-electron chi connectivity index (χ0n) is 11.9. The lowest BCUT2D eigenvalue weighted by Crippen LogP contribution is -2.36. The number of ketones is 1. The second-order valence-corrected chi connectivity index (χ2v) is 4.78. The van der Waals surface area contributed by atoms with E-state index < -0.39 is 30.4 Å². The van der Waals surface area contributed by atoms with Crippen LogP contribution >= 0.6 is 0 Å². The first-order chi connectivity index (χ1) is 10.4. The average molecular weight is 305 g/mol. The van der Waals surface area contributed by atoms with Crippen LogP contribution in [0.2, 0.25) is 0 Å². The molecule has 1 aliphatic heterocycles. The van der Waals surface area contributed by atoms with E-state index in [1.807, 2.05) is 0 Å². The number of aliphatic carboxylic acids is 2. The molecule has 0 aliphatic carbocycles. The lowest BCUT2D eigenvalue weighted by atomic mass is 10.1. The van der Waals surface area contributed by atoms with Crippen molar-refractivity contribution in [1.29, 1.82) is 0 Å². The Morgan fingerprint density at radius 3 is 2.27 bits per heavy atom. The number of epoxide rings is 1. The van der Waals surface area contributed by atoms with Gasteiger partial charge in [0.1, 0.15) is 12.6 Å². The average Bonchev–Trinajstić information content (AvgIpc) is 3.31. The highest BCUT2D eigenvalue weighted by Gasteiger charge is 2.38. The number of carbonyl (C=O) groups excluding carboxylic acids is 1. The minimum atomic E-state index is -1.28. The van der Waals surface area contributed by atoms with Gasteiger partial charge in [-0.05, 0) is 19.1 Å². The molecule has 1 unspecified atom stereocenters. The van der Waals surface area contributed by atoms with Crippen molar-refractivity contribution in [2.45, 2.75) is 13.0 Å². The van der Waals surface area contributed by atoms with Gasteiger partial charge in [-0.3, -0.25) is 9.59 Å².